The first-order chi connectivity index (χ1) is 6.75. The summed E-state index contributed by atoms with van der Waals surface area (Å²) in [5.74, 6) is -0.353. The molecule has 0 aromatic carbocycles. The average molecular weight is 203 g/mol. The second-order valence-electron chi connectivity index (χ2n) is 3.17. The summed E-state index contributed by atoms with van der Waals surface area (Å²) in [6, 6.07) is 0. The number of hydrogen-bond acceptors (Lipinski definition) is 5. The summed E-state index contributed by atoms with van der Waals surface area (Å²) < 4.78 is 15.4. The van der Waals surface area contributed by atoms with Gasteiger partial charge in [0.1, 0.15) is 0 Å². The molecule has 0 aromatic heterocycles. The zero-order chi connectivity index (χ0) is 10.4. The van der Waals surface area contributed by atoms with Gasteiger partial charge in [0.25, 0.3) is 0 Å². The van der Waals surface area contributed by atoms with Crippen LogP contribution in [0.25, 0.3) is 0 Å². The third-order valence-electron chi connectivity index (χ3n) is 2.09. The zero-order valence-corrected chi connectivity index (χ0v) is 8.67. The number of hydrogen-bond donors (Lipinski definition) is 1. The molecule has 1 heterocycles. The monoisotopic (exact) mass is 203 g/mol. The first-order valence-electron chi connectivity index (χ1n) is 4.76. The highest BCUT2D eigenvalue weighted by Crippen LogP contribution is 2.16. The number of esters is 1. The van der Waals surface area contributed by atoms with Crippen molar-refractivity contribution in [3.05, 3.63) is 0 Å². The van der Waals surface area contributed by atoms with Crippen LogP contribution in [0.1, 0.15) is 6.92 Å². The Balaban J connectivity index is 2.63. The van der Waals surface area contributed by atoms with Crippen molar-refractivity contribution in [3.8, 4) is 0 Å². The van der Waals surface area contributed by atoms with Crippen LogP contribution in [-0.4, -0.2) is 51.6 Å². The minimum atomic E-state index is -0.955. The van der Waals surface area contributed by atoms with E-state index in [1.54, 1.807) is 14.0 Å². The van der Waals surface area contributed by atoms with E-state index in [-0.39, 0.29) is 12.6 Å². The lowest BCUT2D eigenvalue weighted by atomic mass is 10.0. The Morgan fingerprint density at radius 3 is 2.93 bits per heavy atom. The molecule has 0 spiro atoms. The van der Waals surface area contributed by atoms with Gasteiger partial charge in [-0.3, -0.25) is 0 Å². The summed E-state index contributed by atoms with van der Waals surface area (Å²) in [6.07, 6.45) is 0. The molecular formula is C9H17NO4. The Morgan fingerprint density at radius 2 is 2.43 bits per heavy atom. The predicted octanol–water partition coefficient (Wildman–Crippen LogP) is -0.445. The minimum absolute atomic E-state index is 0.221. The van der Waals surface area contributed by atoms with E-state index in [1.165, 1.54) is 0 Å². The Hall–Kier alpha value is -0.650. The second kappa shape index (κ2) is 5.29. The average Bonchev–Trinajstić information content (AvgIpc) is 2.20. The van der Waals surface area contributed by atoms with Gasteiger partial charge >= 0.3 is 5.97 Å². The molecule has 0 saturated carbocycles. The molecule has 0 radical (unpaired) electrons. The lowest BCUT2D eigenvalue weighted by molar-refractivity contribution is -0.183. The molecule has 82 valence electrons. The maximum absolute atomic E-state index is 11.6. The standard InChI is InChI=1S/C9H17NO4/c1-3-13-8(11)9(7-12-2)6-10-4-5-14-9/h10H,3-7H2,1-2H3. The van der Waals surface area contributed by atoms with Crippen LogP contribution in [0.2, 0.25) is 0 Å². The molecule has 1 aliphatic rings. The summed E-state index contributed by atoms with van der Waals surface area (Å²) >= 11 is 0. The van der Waals surface area contributed by atoms with Gasteiger partial charge in [0, 0.05) is 20.2 Å². The molecule has 1 aliphatic heterocycles. The second-order valence-corrected chi connectivity index (χ2v) is 3.17. The van der Waals surface area contributed by atoms with E-state index in [9.17, 15) is 4.79 Å². The van der Waals surface area contributed by atoms with Crippen molar-refractivity contribution in [1.29, 1.82) is 0 Å². The summed E-state index contributed by atoms with van der Waals surface area (Å²) in [5.41, 5.74) is -0.955. The van der Waals surface area contributed by atoms with Gasteiger partial charge in [-0.25, -0.2) is 4.79 Å². The van der Waals surface area contributed by atoms with E-state index >= 15 is 0 Å². The molecule has 0 bridgehead atoms. The van der Waals surface area contributed by atoms with E-state index in [0.29, 0.717) is 19.8 Å². The molecule has 1 atom stereocenters. The predicted molar refractivity (Wildman–Crippen MR) is 50.1 cm³/mol. The van der Waals surface area contributed by atoms with Crippen LogP contribution < -0.4 is 5.32 Å². The van der Waals surface area contributed by atoms with Crippen LogP contribution in [0.5, 0.6) is 0 Å². The molecule has 14 heavy (non-hydrogen) atoms. The fraction of sp³-hybridized carbons (Fsp3) is 0.889. The van der Waals surface area contributed by atoms with Gasteiger partial charge in [-0.1, -0.05) is 0 Å². The molecule has 0 amide bonds. The van der Waals surface area contributed by atoms with Crippen LogP contribution in [0.4, 0.5) is 0 Å². The summed E-state index contributed by atoms with van der Waals surface area (Å²) in [5, 5.41) is 3.09. The van der Waals surface area contributed by atoms with Gasteiger partial charge in [0.05, 0.1) is 19.8 Å². The molecule has 0 aromatic rings. The number of carbonyl (C=O) groups excluding carboxylic acids is 1. The molecule has 0 aliphatic carbocycles. The molecule has 1 saturated heterocycles. The summed E-state index contributed by atoms with van der Waals surface area (Å²) in [7, 11) is 1.54. The molecule has 5 nitrogen and oxygen atoms in total. The molecular weight excluding hydrogens is 186 g/mol. The highest BCUT2D eigenvalue weighted by atomic mass is 16.6. The van der Waals surface area contributed by atoms with Gasteiger partial charge in [0.2, 0.25) is 5.60 Å². The van der Waals surface area contributed by atoms with Crippen molar-refractivity contribution in [2.75, 3.05) is 40.0 Å². The van der Waals surface area contributed by atoms with Crippen molar-refractivity contribution in [2.45, 2.75) is 12.5 Å². The van der Waals surface area contributed by atoms with Crippen LogP contribution in [0.3, 0.4) is 0 Å². The van der Waals surface area contributed by atoms with Crippen LogP contribution >= 0.6 is 0 Å². The van der Waals surface area contributed by atoms with E-state index in [2.05, 4.69) is 5.32 Å². The van der Waals surface area contributed by atoms with Crippen molar-refractivity contribution in [1.82, 2.24) is 5.32 Å². The molecule has 5 heteroatoms. The van der Waals surface area contributed by atoms with E-state index < -0.39 is 5.60 Å². The largest absolute Gasteiger partial charge is 0.464 e. The smallest absolute Gasteiger partial charge is 0.342 e. The Bertz CT molecular complexity index is 184. The van der Waals surface area contributed by atoms with Gasteiger partial charge in [-0.2, -0.15) is 0 Å². The minimum Gasteiger partial charge on any atom is -0.464 e. The van der Waals surface area contributed by atoms with Gasteiger partial charge in [-0.05, 0) is 6.92 Å². The lowest BCUT2D eigenvalue weighted by Gasteiger charge is -2.34. The van der Waals surface area contributed by atoms with E-state index in [4.69, 9.17) is 14.2 Å². The van der Waals surface area contributed by atoms with Gasteiger partial charge < -0.3 is 19.5 Å². The number of carbonyl (C=O) groups is 1. The normalized spacial score (nSPS) is 27.3. The SMILES string of the molecule is CCOC(=O)C1(COC)CNCCO1. The highest BCUT2D eigenvalue weighted by Gasteiger charge is 2.42. The fourth-order valence-electron chi connectivity index (χ4n) is 1.44. The van der Waals surface area contributed by atoms with Crippen LogP contribution in [-0.2, 0) is 19.0 Å². The summed E-state index contributed by atoms with van der Waals surface area (Å²) in [4.78, 5) is 11.6. The van der Waals surface area contributed by atoms with Crippen molar-refractivity contribution < 1.29 is 19.0 Å². The first-order valence-corrected chi connectivity index (χ1v) is 4.76. The highest BCUT2D eigenvalue weighted by molar-refractivity contribution is 5.80. The Kier molecular flexibility index (Phi) is 4.31. The summed E-state index contributed by atoms with van der Waals surface area (Å²) in [6.45, 7) is 4.05. The quantitative estimate of drug-likeness (QED) is 0.627. The molecule has 1 unspecified atom stereocenters. The van der Waals surface area contributed by atoms with Crippen molar-refractivity contribution in [3.63, 3.8) is 0 Å². The third kappa shape index (κ3) is 2.43. The zero-order valence-electron chi connectivity index (χ0n) is 8.67. The molecule has 1 fully saturated rings. The number of methoxy groups -OCH3 is 1. The number of rotatable bonds is 4. The Labute approximate surface area is 83.7 Å². The number of nitrogens with one attached hydrogen (secondary N) is 1. The van der Waals surface area contributed by atoms with Crippen LogP contribution in [0.15, 0.2) is 0 Å². The number of morpholine rings is 1. The van der Waals surface area contributed by atoms with Gasteiger partial charge in [-0.15, -0.1) is 0 Å². The van der Waals surface area contributed by atoms with E-state index in [1.807, 2.05) is 0 Å². The maximum Gasteiger partial charge on any atom is 0.342 e. The fourth-order valence-corrected chi connectivity index (χ4v) is 1.44. The van der Waals surface area contributed by atoms with E-state index in [0.717, 1.165) is 6.54 Å². The molecule has 1 rings (SSSR count). The van der Waals surface area contributed by atoms with Crippen molar-refractivity contribution >= 4 is 5.97 Å². The Morgan fingerprint density at radius 1 is 1.64 bits per heavy atom. The third-order valence-corrected chi connectivity index (χ3v) is 2.09. The topological polar surface area (TPSA) is 56.8 Å². The lowest BCUT2D eigenvalue weighted by Crippen LogP contribution is -2.58. The first kappa shape index (κ1) is 11.4. The van der Waals surface area contributed by atoms with Gasteiger partial charge in [0.15, 0.2) is 0 Å². The maximum atomic E-state index is 11.6. The molecule has 1 N–H and O–H groups in total. The number of ether oxygens (including phenoxy) is 3. The van der Waals surface area contributed by atoms with Crippen molar-refractivity contribution in [2.24, 2.45) is 0 Å². The van der Waals surface area contributed by atoms with Crippen LogP contribution in [0, 0.1) is 0 Å².